The molecule has 5 nitrogen and oxygen atoms in total. The van der Waals surface area contributed by atoms with Crippen LogP contribution in [-0.4, -0.2) is 22.8 Å². The van der Waals surface area contributed by atoms with Crippen LogP contribution in [0.1, 0.15) is 37.5 Å². The number of benzene rings is 2. The number of rotatable bonds is 3. The molecule has 1 amide bonds. The third-order valence-corrected chi connectivity index (χ3v) is 3.84. The highest BCUT2D eigenvalue weighted by Gasteiger charge is 2.28. The molecule has 3 rings (SSSR count). The fraction of sp³-hybridized carbons (Fsp3) is 0.300. The number of amides is 1. The number of hydrazone groups is 1. The van der Waals surface area contributed by atoms with E-state index in [2.05, 4.69) is 10.5 Å². The van der Waals surface area contributed by atoms with Crippen molar-refractivity contribution in [3.8, 4) is 0 Å². The van der Waals surface area contributed by atoms with Gasteiger partial charge in [-0.05, 0) is 49.6 Å². The molecule has 2 aromatic carbocycles. The molecule has 0 saturated carbocycles. The van der Waals surface area contributed by atoms with E-state index >= 15 is 0 Å². The molecular formula is C20H23N3O2. The average molecular weight is 337 g/mol. The molecule has 130 valence electrons. The summed E-state index contributed by atoms with van der Waals surface area (Å²) < 4.78 is 5.47. The van der Waals surface area contributed by atoms with Gasteiger partial charge in [-0.25, -0.2) is 4.79 Å². The number of para-hydroxylation sites is 1. The van der Waals surface area contributed by atoms with Crippen molar-refractivity contribution < 1.29 is 9.53 Å². The van der Waals surface area contributed by atoms with Gasteiger partial charge in [0.25, 0.3) is 0 Å². The fourth-order valence-corrected chi connectivity index (χ4v) is 2.71. The predicted octanol–water partition coefficient (Wildman–Crippen LogP) is 4.38. The van der Waals surface area contributed by atoms with Gasteiger partial charge in [-0.1, -0.05) is 36.4 Å². The Morgan fingerprint density at radius 2 is 1.88 bits per heavy atom. The van der Waals surface area contributed by atoms with Crippen LogP contribution in [0.3, 0.4) is 0 Å². The van der Waals surface area contributed by atoms with Crippen LogP contribution in [0.4, 0.5) is 10.5 Å². The minimum atomic E-state index is -0.490. The molecular weight excluding hydrogens is 314 g/mol. The second-order valence-corrected chi connectivity index (χ2v) is 7.06. The van der Waals surface area contributed by atoms with E-state index in [0.29, 0.717) is 13.1 Å². The fourth-order valence-electron chi connectivity index (χ4n) is 2.71. The van der Waals surface area contributed by atoms with Gasteiger partial charge in [0.05, 0.1) is 18.4 Å². The third-order valence-electron chi connectivity index (χ3n) is 3.84. The molecule has 0 spiro atoms. The number of carbonyl (C=O) groups excluding carboxylic acids is 1. The second kappa shape index (κ2) is 6.97. The lowest BCUT2D eigenvalue weighted by molar-refractivity contribution is 0.0242. The van der Waals surface area contributed by atoms with Crippen LogP contribution in [0, 0.1) is 0 Å². The standard InChI is InChI=1S/C20H23N3O2/c1-20(2,3)25-19(24)23-13-16-9-7-8-15(18(16)14-23)12-21-22-17-10-5-4-6-11-17/h4-12,22H,13-14H2,1-3H3. The van der Waals surface area contributed by atoms with Gasteiger partial charge in [-0.15, -0.1) is 0 Å². The number of fused-ring (bicyclic) bond motifs is 1. The van der Waals surface area contributed by atoms with E-state index in [1.165, 1.54) is 0 Å². The summed E-state index contributed by atoms with van der Waals surface area (Å²) in [6, 6.07) is 15.8. The van der Waals surface area contributed by atoms with Gasteiger partial charge >= 0.3 is 6.09 Å². The highest BCUT2D eigenvalue weighted by Crippen LogP contribution is 2.26. The predicted molar refractivity (Wildman–Crippen MR) is 99.6 cm³/mol. The van der Waals surface area contributed by atoms with Gasteiger partial charge in [0.15, 0.2) is 0 Å². The Bertz CT molecular complexity index is 779. The van der Waals surface area contributed by atoms with Gasteiger partial charge in [-0.2, -0.15) is 5.10 Å². The summed E-state index contributed by atoms with van der Waals surface area (Å²) in [4.78, 5) is 14.0. The van der Waals surface area contributed by atoms with Crippen molar-refractivity contribution in [3.63, 3.8) is 0 Å². The summed E-state index contributed by atoms with van der Waals surface area (Å²) in [6.07, 6.45) is 1.51. The lowest BCUT2D eigenvalue weighted by Crippen LogP contribution is -2.33. The molecule has 0 atom stereocenters. The monoisotopic (exact) mass is 337 g/mol. The molecule has 2 aromatic rings. The van der Waals surface area contributed by atoms with Crippen molar-refractivity contribution in [1.29, 1.82) is 0 Å². The van der Waals surface area contributed by atoms with Crippen LogP contribution < -0.4 is 5.43 Å². The molecule has 1 aliphatic rings. The number of carbonyl (C=O) groups is 1. The topological polar surface area (TPSA) is 53.9 Å². The molecule has 1 N–H and O–H groups in total. The summed E-state index contributed by atoms with van der Waals surface area (Å²) >= 11 is 0. The van der Waals surface area contributed by atoms with Gasteiger partial charge in [0.2, 0.25) is 0 Å². The van der Waals surface area contributed by atoms with Crippen LogP contribution in [0.25, 0.3) is 0 Å². The van der Waals surface area contributed by atoms with Crippen LogP contribution in [0.15, 0.2) is 53.6 Å². The van der Waals surface area contributed by atoms with Crippen molar-refractivity contribution in [3.05, 3.63) is 65.2 Å². The van der Waals surface area contributed by atoms with E-state index in [-0.39, 0.29) is 6.09 Å². The van der Waals surface area contributed by atoms with Crippen LogP contribution in [0.2, 0.25) is 0 Å². The van der Waals surface area contributed by atoms with E-state index in [1.807, 2.05) is 69.3 Å². The summed E-state index contributed by atoms with van der Waals surface area (Å²) in [5.41, 5.74) is 6.71. The highest BCUT2D eigenvalue weighted by molar-refractivity contribution is 5.84. The minimum Gasteiger partial charge on any atom is -0.444 e. The summed E-state index contributed by atoms with van der Waals surface area (Å²) in [5, 5.41) is 4.31. The minimum absolute atomic E-state index is 0.283. The van der Waals surface area contributed by atoms with Crippen molar-refractivity contribution >= 4 is 18.0 Å². The van der Waals surface area contributed by atoms with Crippen molar-refractivity contribution in [2.75, 3.05) is 5.43 Å². The number of nitrogens with one attached hydrogen (secondary N) is 1. The summed E-state index contributed by atoms with van der Waals surface area (Å²) in [7, 11) is 0. The molecule has 0 bridgehead atoms. The Hall–Kier alpha value is -2.82. The molecule has 1 aliphatic heterocycles. The lowest BCUT2D eigenvalue weighted by Gasteiger charge is -2.24. The van der Waals surface area contributed by atoms with E-state index in [9.17, 15) is 4.79 Å². The Kier molecular flexibility index (Phi) is 4.74. The quantitative estimate of drug-likeness (QED) is 0.668. The van der Waals surface area contributed by atoms with E-state index in [4.69, 9.17) is 4.74 Å². The third kappa shape index (κ3) is 4.38. The number of ether oxygens (including phenoxy) is 1. The Morgan fingerprint density at radius 1 is 1.12 bits per heavy atom. The SMILES string of the molecule is CC(C)(C)OC(=O)N1Cc2cccc(C=NNc3ccccc3)c2C1. The van der Waals surface area contributed by atoms with Gasteiger partial charge in [0, 0.05) is 6.54 Å². The zero-order chi connectivity index (χ0) is 17.9. The maximum absolute atomic E-state index is 12.3. The normalized spacial score (nSPS) is 13.8. The number of nitrogens with zero attached hydrogens (tertiary/aromatic N) is 2. The Morgan fingerprint density at radius 3 is 2.60 bits per heavy atom. The van der Waals surface area contributed by atoms with Gasteiger partial charge < -0.3 is 4.74 Å². The van der Waals surface area contributed by atoms with Crippen LogP contribution in [0.5, 0.6) is 0 Å². The molecule has 0 unspecified atom stereocenters. The Labute approximate surface area is 148 Å². The van der Waals surface area contributed by atoms with Crippen molar-refractivity contribution in [2.24, 2.45) is 5.10 Å². The summed E-state index contributed by atoms with van der Waals surface area (Å²) in [5.74, 6) is 0. The van der Waals surface area contributed by atoms with E-state index in [0.717, 1.165) is 22.4 Å². The van der Waals surface area contributed by atoms with Crippen LogP contribution in [-0.2, 0) is 17.8 Å². The lowest BCUT2D eigenvalue weighted by atomic mass is 10.0. The summed E-state index contributed by atoms with van der Waals surface area (Å²) in [6.45, 7) is 6.74. The molecule has 25 heavy (non-hydrogen) atoms. The zero-order valence-electron chi connectivity index (χ0n) is 14.8. The first-order valence-electron chi connectivity index (χ1n) is 8.35. The first-order chi connectivity index (χ1) is 11.9. The molecule has 0 aromatic heterocycles. The number of hydrogen-bond donors (Lipinski definition) is 1. The maximum Gasteiger partial charge on any atom is 0.410 e. The van der Waals surface area contributed by atoms with E-state index in [1.54, 1.807) is 11.1 Å². The van der Waals surface area contributed by atoms with Gasteiger partial charge in [-0.3, -0.25) is 10.3 Å². The molecule has 0 aliphatic carbocycles. The average Bonchev–Trinajstić information content (AvgIpc) is 3.00. The van der Waals surface area contributed by atoms with Crippen LogP contribution >= 0.6 is 0 Å². The maximum atomic E-state index is 12.3. The van der Waals surface area contributed by atoms with E-state index < -0.39 is 5.60 Å². The second-order valence-electron chi connectivity index (χ2n) is 7.06. The smallest absolute Gasteiger partial charge is 0.410 e. The zero-order valence-corrected chi connectivity index (χ0v) is 14.8. The Balaban J connectivity index is 1.70. The largest absolute Gasteiger partial charge is 0.444 e. The molecule has 0 radical (unpaired) electrons. The number of anilines is 1. The first kappa shape index (κ1) is 17.0. The van der Waals surface area contributed by atoms with Crippen molar-refractivity contribution in [1.82, 2.24) is 4.90 Å². The molecule has 1 heterocycles. The van der Waals surface area contributed by atoms with Gasteiger partial charge in [0.1, 0.15) is 5.60 Å². The number of hydrogen-bond acceptors (Lipinski definition) is 4. The van der Waals surface area contributed by atoms with Crippen molar-refractivity contribution in [2.45, 2.75) is 39.5 Å². The molecule has 0 saturated heterocycles. The highest BCUT2D eigenvalue weighted by atomic mass is 16.6. The first-order valence-corrected chi connectivity index (χ1v) is 8.35. The molecule has 5 heteroatoms. The molecule has 0 fully saturated rings.